The predicted octanol–water partition coefficient (Wildman–Crippen LogP) is 4.26. The number of nitrogens with zero attached hydrogens (tertiary/aromatic N) is 4. The normalized spacial score (nSPS) is 19.4. The molecular weight excluding hydrogens is 406 g/mol. The van der Waals surface area contributed by atoms with Gasteiger partial charge in [-0.2, -0.15) is 5.10 Å². The smallest absolute Gasteiger partial charge is 0.220 e. The lowest BCUT2D eigenvalue weighted by Gasteiger charge is -2.22. The summed E-state index contributed by atoms with van der Waals surface area (Å²) in [5, 5.41) is 10.3. The molecule has 4 heterocycles. The van der Waals surface area contributed by atoms with Crippen molar-refractivity contribution in [2.75, 3.05) is 6.54 Å². The Morgan fingerprint density at radius 3 is 2.81 bits per heavy atom. The summed E-state index contributed by atoms with van der Waals surface area (Å²) in [5.74, 6) is 0.146. The first kappa shape index (κ1) is 20.6. The summed E-state index contributed by atoms with van der Waals surface area (Å²) in [6.07, 6.45) is 5.81. The van der Waals surface area contributed by atoms with Crippen LogP contribution in [0.15, 0.2) is 17.5 Å². The van der Waals surface area contributed by atoms with Crippen LogP contribution in [0.4, 0.5) is 0 Å². The zero-order valence-electron chi connectivity index (χ0n) is 18.6. The van der Waals surface area contributed by atoms with Gasteiger partial charge in [-0.25, -0.2) is 9.50 Å². The van der Waals surface area contributed by atoms with E-state index in [2.05, 4.69) is 48.5 Å². The largest absolute Gasteiger partial charge is 0.353 e. The molecule has 1 aliphatic carbocycles. The summed E-state index contributed by atoms with van der Waals surface area (Å²) < 4.78 is 1.99. The van der Waals surface area contributed by atoms with Gasteiger partial charge in [-0.3, -0.25) is 9.69 Å². The van der Waals surface area contributed by atoms with E-state index in [1.54, 1.807) is 0 Å². The molecule has 1 N–H and O–H groups in total. The molecule has 6 nitrogen and oxygen atoms in total. The number of carbonyl (C=O) groups is 1. The number of carbonyl (C=O) groups excluding carboxylic acids is 1. The van der Waals surface area contributed by atoms with Crippen molar-refractivity contribution < 1.29 is 4.79 Å². The van der Waals surface area contributed by atoms with Crippen LogP contribution in [-0.2, 0) is 17.8 Å². The van der Waals surface area contributed by atoms with Crippen molar-refractivity contribution >= 4 is 22.9 Å². The number of fused-ring (bicyclic) bond motifs is 1. The standard InChI is InChI=1S/C24H31N5OS/c1-15-11-18(14-31-15)13-28-10-4-5-22(28)21-12-23-25-16(2)20(17(3)29(23)27-21)8-9-24(30)26-19-6-7-19/h11-12,14,19,22H,4-10,13H2,1-3H3,(H,26,30). The first-order valence-corrected chi connectivity index (χ1v) is 12.3. The monoisotopic (exact) mass is 437 g/mol. The molecule has 0 aromatic carbocycles. The molecule has 1 unspecified atom stereocenters. The average Bonchev–Trinajstić information content (AvgIpc) is 3.10. The molecule has 1 atom stereocenters. The van der Waals surface area contributed by atoms with Gasteiger partial charge in [-0.1, -0.05) is 0 Å². The van der Waals surface area contributed by atoms with E-state index >= 15 is 0 Å². The van der Waals surface area contributed by atoms with E-state index in [4.69, 9.17) is 10.1 Å². The second kappa shape index (κ2) is 8.36. The van der Waals surface area contributed by atoms with Crippen LogP contribution in [0.1, 0.15) is 71.2 Å². The summed E-state index contributed by atoms with van der Waals surface area (Å²) in [4.78, 5) is 20.9. The number of rotatable bonds is 7. The van der Waals surface area contributed by atoms with Crippen molar-refractivity contribution in [1.29, 1.82) is 0 Å². The Bertz CT molecular complexity index is 1110. The van der Waals surface area contributed by atoms with Gasteiger partial charge < -0.3 is 5.32 Å². The molecule has 1 amide bonds. The molecule has 3 aromatic heterocycles. The van der Waals surface area contributed by atoms with Gasteiger partial charge >= 0.3 is 0 Å². The maximum Gasteiger partial charge on any atom is 0.220 e. The molecule has 1 saturated carbocycles. The van der Waals surface area contributed by atoms with Crippen LogP contribution >= 0.6 is 11.3 Å². The zero-order chi connectivity index (χ0) is 21.5. The number of thiophene rings is 1. The predicted molar refractivity (Wildman–Crippen MR) is 123 cm³/mol. The van der Waals surface area contributed by atoms with Gasteiger partial charge in [-0.15, -0.1) is 11.3 Å². The fourth-order valence-electron chi connectivity index (χ4n) is 4.80. The van der Waals surface area contributed by atoms with Crippen LogP contribution in [0.3, 0.4) is 0 Å². The first-order valence-electron chi connectivity index (χ1n) is 11.4. The van der Waals surface area contributed by atoms with Crippen LogP contribution < -0.4 is 5.32 Å². The lowest BCUT2D eigenvalue weighted by atomic mass is 10.1. The van der Waals surface area contributed by atoms with Crippen LogP contribution in [-0.4, -0.2) is 38.0 Å². The average molecular weight is 438 g/mol. The van der Waals surface area contributed by atoms with Gasteiger partial charge in [0, 0.05) is 41.3 Å². The van der Waals surface area contributed by atoms with Crippen LogP contribution in [0.2, 0.25) is 0 Å². The number of likely N-dealkylation sites (tertiary alicyclic amines) is 1. The molecule has 0 spiro atoms. The fraction of sp³-hybridized carbons (Fsp3) is 0.542. The van der Waals surface area contributed by atoms with E-state index in [9.17, 15) is 4.79 Å². The van der Waals surface area contributed by atoms with E-state index in [-0.39, 0.29) is 5.91 Å². The quantitative estimate of drug-likeness (QED) is 0.600. The van der Waals surface area contributed by atoms with Gasteiger partial charge in [0.05, 0.1) is 11.7 Å². The van der Waals surface area contributed by atoms with E-state index in [0.717, 1.165) is 60.6 Å². The second-order valence-corrected chi connectivity index (χ2v) is 10.3. The molecule has 0 bridgehead atoms. The second-order valence-electron chi connectivity index (χ2n) is 9.14. The van der Waals surface area contributed by atoms with Crippen molar-refractivity contribution in [1.82, 2.24) is 24.8 Å². The lowest BCUT2D eigenvalue weighted by molar-refractivity contribution is -0.121. The molecule has 7 heteroatoms. The summed E-state index contributed by atoms with van der Waals surface area (Å²) in [6.45, 7) is 8.42. The zero-order valence-corrected chi connectivity index (χ0v) is 19.5. The summed E-state index contributed by atoms with van der Waals surface area (Å²) >= 11 is 1.82. The van der Waals surface area contributed by atoms with E-state index in [1.165, 1.54) is 16.9 Å². The third kappa shape index (κ3) is 4.39. The number of aromatic nitrogens is 3. The lowest BCUT2D eigenvalue weighted by Crippen LogP contribution is -2.25. The number of nitrogens with one attached hydrogen (secondary N) is 1. The first-order chi connectivity index (χ1) is 15.0. The Morgan fingerprint density at radius 2 is 2.06 bits per heavy atom. The Kier molecular flexibility index (Phi) is 5.56. The van der Waals surface area contributed by atoms with Gasteiger partial charge in [0.1, 0.15) is 0 Å². The number of hydrogen-bond acceptors (Lipinski definition) is 5. The molecule has 0 radical (unpaired) electrons. The molecule has 3 aromatic rings. The highest BCUT2D eigenvalue weighted by Gasteiger charge is 2.29. The maximum absolute atomic E-state index is 12.2. The third-order valence-electron chi connectivity index (χ3n) is 6.60. The molecule has 5 rings (SSSR count). The Labute approximate surface area is 187 Å². The molecule has 164 valence electrons. The fourth-order valence-corrected chi connectivity index (χ4v) is 5.50. The highest BCUT2D eigenvalue weighted by atomic mass is 32.1. The topological polar surface area (TPSA) is 62.5 Å². The minimum atomic E-state index is 0.146. The molecule has 2 aliphatic rings. The molecule has 31 heavy (non-hydrogen) atoms. The van der Waals surface area contributed by atoms with Gasteiger partial charge in [0.2, 0.25) is 5.91 Å². The van der Waals surface area contributed by atoms with Crippen molar-refractivity contribution in [3.05, 3.63) is 50.6 Å². The Balaban J connectivity index is 1.36. The maximum atomic E-state index is 12.2. The summed E-state index contributed by atoms with van der Waals surface area (Å²) in [7, 11) is 0. The van der Waals surface area contributed by atoms with Crippen molar-refractivity contribution in [3.8, 4) is 0 Å². The molecule has 1 aliphatic heterocycles. The molecule has 2 fully saturated rings. The van der Waals surface area contributed by atoms with E-state index < -0.39 is 0 Å². The third-order valence-corrected chi connectivity index (χ3v) is 7.51. The number of aryl methyl sites for hydroxylation is 3. The molecule has 1 saturated heterocycles. The highest BCUT2D eigenvalue weighted by molar-refractivity contribution is 7.10. The minimum absolute atomic E-state index is 0.146. The van der Waals surface area contributed by atoms with Crippen molar-refractivity contribution in [3.63, 3.8) is 0 Å². The summed E-state index contributed by atoms with van der Waals surface area (Å²) in [5.41, 5.74) is 6.68. The Morgan fingerprint density at radius 1 is 1.23 bits per heavy atom. The number of hydrogen-bond donors (Lipinski definition) is 1. The van der Waals surface area contributed by atoms with Gasteiger partial charge in [0.15, 0.2) is 5.65 Å². The van der Waals surface area contributed by atoms with Crippen LogP contribution in [0.25, 0.3) is 5.65 Å². The minimum Gasteiger partial charge on any atom is -0.353 e. The number of amides is 1. The van der Waals surface area contributed by atoms with Gasteiger partial charge in [-0.05, 0) is 82.0 Å². The highest BCUT2D eigenvalue weighted by Crippen LogP contribution is 2.34. The summed E-state index contributed by atoms with van der Waals surface area (Å²) in [6, 6.07) is 5.21. The SMILES string of the molecule is Cc1cc(CN2CCCC2c2cc3nc(C)c(CCC(=O)NC4CC4)c(C)n3n2)cs1. The van der Waals surface area contributed by atoms with E-state index in [1.807, 2.05) is 15.9 Å². The van der Waals surface area contributed by atoms with E-state index in [0.29, 0.717) is 24.9 Å². The van der Waals surface area contributed by atoms with Crippen molar-refractivity contribution in [2.45, 2.75) is 77.9 Å². The van der Waals surface area contributed by atoms with Gasteiger partial charge in [0.25, 0.3) is 0 Å². The molecular formula is C24H31N5OS. The van der Waals surface area contributed by atoms with Crippen LogP contribution in [0.5, 0.6) is 0 Å². The van der Waals surface area contributed by atoms with Crippen LogP contribution in [0, 0.1) is 20.8 Å². The van der Waals surface area contributed by atoms with Crippen molar-refractivity contribution in [2.24, 2.45) is 0 Å². The Hall–Kier alpha value is -2.25.